The number of methoxy groups -OCH3 is 1. The molecule has 10 heteroatoms. The minimum atomic E-state index is -4.76. The monoisotopic (exact) mass is 442 g/mol. The lowest BCUT2D eigenvalue weighted by atomic mass is 10.1. The number of rotatable bonds is 5. The number of carbonyl (C=O) groups excluding carboxylic acids is 1. The Labute approximate surface area is 180 Å². The molecule has 0 fully saturated rings. The number of nitrogens with one attached hydrogen (secondary N) is 1. The molecule has 2 heterocycles. The fourth-order valence-electron chi connectivity index (χ4n) is 3.16. The first kappa shape index (κ1) is 21.2. The van der Waals surface area contributed by atoms with Gasteiger partial charge in [0.25, 0.3) is 0 Å². The van der Waals surface area contributed by atoms with Crippen LogP contribution in [0.3, 0.4) is 0 Å². The predicted molar refractivity (Wildman–Crippen MR) is 112 cm³/mol. The van der Waals surface area contributed by atoms with Gasteiger partial charge in [-0.05, 0) is 54.6 Å². The summed E-state index contributed by atoms with van der Waals surface area (Å²) in [5.41, 5.74) is 2.83. The summed E-state index contributed by atoms with van der Waals surface area (Å²) in [7, 11) is 3.13. The zero-order valence-electron chi connectivity index (χ0n) is 17.0. The van der Waals surface area contributed by atoms with Gasteiger partial charge in [-0.25, -0.2) is 9.78 Å². The van der Waals surface area contributed by atoms with Crippen LogP contribution in [0.1, 0.15) is 10.4 Å². The summed E-state index contributed by atoms with van der Waals surface area (Å²) < 4.78 is 47.8. The molecule has 32 heavy (non-hydrogen) atoms. The fourth-order valence-corrected chi connectivity index (χ4v) is 3.16. The minimum absolute atomic E-state index is 0.288. The molecule has 4 rings (SSSR count). The number of fused-ring (bicyclic) bond motifs is 1. The van der Waals surface area contributed by atoms with Gasteiger partial charge in [-0.15, -0.1) is 13.2 Å². The third kappa shape index (κ3) is 4.48. The molecule has 0 aliphatic heterocycles. The number of halogens is 3. The maximum atomic E-state index is 12.4. The van der Waals surface area contributed by atoms with Gasteiger partial charge in [0, 0.05) is 29.9 Å². The van der Waals surface area contributed by atoms with Gasteiger partial charge in [0.1, 0.15) is 11.4 Å². The molecule has 0 aliphatic rings. The van der Waals surface area contributed by atoms with Crippen LogP contribution in [0.15, 0.2) is 60.8 Å². The van der Waals surface area contributed by atoms with E-state index >= 15 is 0 Å². The summed E-state index contributed by atoms with van der Waals surface area (Å²) in [4.78, 5) is 20.7. The van der Waals surface area contributed by atoms with Gasteiger partial charge in [-0.1, -0.05) is 0 Å². The number of carbonyl (C=O) groups is 1. The van der Waals surface area contributed by atoms with E-state index in [4.69, 9.17) is 0 Å². The molecule has 0 unspecified atom stereocenters. The highest BCUT2D eigenvalue weighted by atomic mass is 19.4. The van der Waals surface area contributed by atoms with E-state index in [0.717, 1.165) is 5.39 Å². The standard InChI is InChI=1S/C22H17F3N4O3/c1-29-12-11-17-18(13-5-9-16(10-6-13)32-22(23,24)25)27-21(28-19(17)29)26-15-7-3-14(4-8-15)20(30)31-2/h3-12H,1-2H3,(H,26,27,28). The number of hydrogen-bond donors (Lipinski definition) is 1. The normalized spacial score (nSPS) is 11.4. The van der Waals surface area contributed by atoms with Crippen molar-refractivity contribution in [1.29, 1.82) is 0 Å². The van der Waals surface area contributed by atoms with Crippen molar-refractivity contribution < 1.29 is 27.4 Å². The Hall–Kier alpha value is -4.08. The molecule has 0 bridgehead atoms. The highest BCUT2D eigenvalue weighted by Gasteiger charge is 2.31. The van der Waals surface area contributed by atoms with Crippen LogP contribution in [0, 0.1) is 0 Å². The number of hydrogen-bond acceptors (Lipinski definition) is 6. The van der Waals surface area contributed by atoms with Crippen LogP contribution < -0.4 is 10.1 Å². The van der Waals surface area contributed by atoms with Gasteiger partial charge in [-0.3, -0.25) is 0 Å². The van der Waals surface area contributed by atoms with Crippen LogP contribution >= 0.6 is 0 Å². The molecule has 0 saturated heterocycles. The molecule has 0 amide bonds. The third-order valence-electron chi connectivity index (χ3n) is 4.65. The van der Waals surface area contributed by atoms with Gasteiger partial charge in [0.2, 0.25) is 5.95 Å². The van der Waals surface area contributed by atoms with Crippen molar-refractivity contribution in [2.75, 3.05) is 12.4 Å². The molecule has 0 atom stereocenters. The fraction of sp³-hybridized carbons (Fsp3) is 0.136. The Morgan fingerprint density at radius 2 is 1.69 bits per heavy atom. The van der Waals surface area contributed by atoms with E-state index < -0.39 is 12.3 Å². The van der Waals surface area contributed by atoms with Gasteiger partial charge < -0.3 is 19.4 Å². The van der Waals surface area contributed by atoms with Gasteiger partial charge in [0.15, 0.2) is 0 Å². The van der Waals surface area contributed by atoms with E-state index in [1.54, 1.807) is 24.3 Å². The van der Waals surface area contributed by atoms with Crippen molar-refractivity contribution >= 4 is 28.6 Å². The van der Waals surface area contributed by atoms with Crippen molar-refractivity contribution in [2.45, 2.75) is 6.36 Å². The average Bonchev–Trinajstić information content (AvgIpc) is 3.13. The van der Waals surface area contributed by atoms with E-state index in [1.165, 1.54) is 31.4 Å². The summed E-state index contributed by atoms with van der Waals surface area (Å²) in [6, 6.07) is 13.9. The Kier molecular flexibility index (Phi) is 5.43. The van der Waals surface area contributed by atoms with Crippen molar-refractivity contribution in [3.05, 3.63) is 66.4 Å². The largest absolute Gasteiger partial charge is 0.573 e. The summed E-state index contributed by atoms with van der Waals surface area (Å²) in [5.74, 6) is -0.474. The topological polar surface area (TPSA) is 78.3 Å². The Balaban J connectivity index is 1.69. The Bertz CT molecular complexity index is 1270. The average molecular weight is 442 g/mol. The number of benzene rings is 2. The van der Waals surface area contributed by atoms with Gasteiger partial charge >= 0.3 is 12.3 Å². The van der Waals surface area contributed by atoms with Crippen molar-refractivity contribution in [3.8, 4) is 17.0 Å². The predicted octanol–water partition coefficient (Wildman–Crippen LogP) is 5.06. The summed E-state index contributed by atoms with van der Waals surface area (Å²) in [6.07, 6.45) is -2.94. The molecule has 164 valence electrons. The number of aryl methyl sites for hydroxylation is 1. The lowest BCUT2D eigenvalue weighted by molar-refractivity contribution is -0.274. The lowest BCUT2D eigenvalue weighted by Gasteiger charge is -2.11. The first-order valence-corrected chi connectivity index (χ1v) is 9.38. The van der Waals surface area contributed by atoms with Crippen LogP contribution in [-0.2, 0) is 11.8 Å². The van der Waals surface area contributed by atoms with Crippen molar-refractivity contribution in [1.82, 2.24) is 14.5 Å². The number of nitrogens with zero attached hydrogens (tertiary/aromatic N) is 3. The summed E-state index contributed by atoms with van der Waals surface area (Å²) in [5, 5.41) is 3.83. The highest BCUT2D eigenvalue weighted by molar-refractivity contribution is 5.92. The molecule has 2 aromatic carbocycles. The van der Waals surface area contributed by atoms with E-state index in [1.807, 2.05) is 23.9 Å². The van der Waals surface area contributed by atoms with Crippen LogP contribution in [0.4, 0.5) is 24.8 Å². The SMILES string of the molecule is COC(=O)c1ccc(Nc2nc(-c3ccc(OC(F)(F)F)cc3)c3ccn(C)c3n2)cc1. The molecule has 0 spiro atoms. The van der Waals surface area contributed by atoms with E-state index in [0.29, 0.717) is 28.2 Å². The number of ether oxygens (including phenoxy) is 2. The first-order valence-electron chi connectivity index (χ1n) is 9.38. The number of esters is 1. The molecular formula is C22H17F3N4O3. The highest BCUT2D eigenvalue weighted by Crippen LogP contribution is 2.31. The van der Waals surface area contributed by atoms with Crippen LogP contribution in [0.25, 0.3) is 22.3 Å². The number of alkyl halides is 3. The van der Waals surface area contributed by atoms with E-state index in [9.17, 15) is 18.0 Å². The maximum absolute atomic E-state index is 12.4. The number of aromatic nitrogens is 3. The second kappa shape index (κ2) is 8.22. The first-order chi connectivity index (χ1) is 15.2. The molecule has 1 N–H and O–H groups in total. The molecule has 0 radical (unpaired) electrons. The van der Waals surface area contributed by atoms with Crippen molar-refractivity contribution in [2.24, 2.45) is 7.05 Å². The van der Waals surface area contributed by atoms with E-state index in [2.05, 4.69) is 24.8 Å². The lowest BCUT2D eigenvalue weighted by Crippen LogP contribution is -2.16. The van der Waals surface area contributed by atoms with Gasteiger partial charge in [0.05, 0.1) is 18.4 Å². The maximum Gasteiger partial charge on any atom is 0.573 e. The molecule has 2 aromatic heterocycles. The second-order valence-corrected chi connectivity index (χ2v) is 6.83. The quantitative estimate of drug-likeness (QED) is 0.435. The molecule has 0 aliphatic carbocycles. The Morgan fingerprint density at radius 3 is 2.31 bits per heavy atom. The van der Waals surface area contributed by atoms with Crippen LogP contribution in [0.2, 0.25) is 0 Å². The third-order valence-corrected chi connectivity index (χ3v) is 4.65. The molecular weight excluding hydrogens is 425 g/mol. The minimum Gasteiger partial charge on any atom is -0.465 e. The van der Waals surface area contributed by atoms with Crippen LogP contribution in [0.5, 0.6) is 5.75 Å². The molecule has 7 nitrogen and oxygen atoms in total. The van der Waals surface area contributed by atoms with E-state index in [-0.39, 0.29) is 11.7 Å². The molecule has 4 aromatic rings. The van der Waals surface area contributed by atoms with Gasteiger partial charge in [-0.2, -0.15) is 4.98 Å². The second-order valence-electron chi connectivity index (χ2n) is 6.83. The molecule has 0 saturated carbocycles. The zero-order chi connectivity index (χ0) is 22.9. The van der Waals surface area contributed by atoms with Crippen LogP contribution in [-0.4, -0.2) is 34.0 Å². The summed E-state index contributed by atoms with van der Waals surface area (Å²) in [6.45, 7) is 0. The Morgan fingerprint density at radius 1 is 1.00 bits per heavy atom. The smallest absolute Gasteiger partial charge is 0.465 e. The summed E-state index contributed by atoms with van der Waals surface area (Å²) >= 11 is 0. The van der Waals surface area contributed by atoms with Crippen molar-refractivity contribution in [3.63, 3.8) is 0 Å². The zero-order valence-corrected chi connectivity index (χ0v) is 17.0. The number of anilines is 2.